The van der Waals surface area contributed by atoms with Gasteiger partial charge >= 0.3 is 5.69 Å². The number of aliphatic hydroxyl groups is 1. The average molecular weight is 394 g/mol. The number of β-amino-alcohol motifs (C(OH)–C–C–N with tert-alkyl or cyclic N) is 1. The normalized spacial score (nSPS) is 13.9. The number of carbonyl (C=O) groups excluding carboxylic acids is 1. The van der Waals surface area contributed by atoms with E-state index in [-0.39, 0.29) is 18.1 Å². The summed E-state index contributed by atoms with van der Waals surface area (Å²) in [5.74, 6) is 0.977. The minimum absolute atomic E-state index is 0.107. The van der Waals surface area contributed by atoms with Gasteiger partial charge in [-0.15, -0.1) is 5.10 Å². The van der Waals surface area contributed by atoms with Crippen LogP contribution < -0.4 is 10.4 Å². The maximum absolute atomic E-state index is 13.1. The van der Waals surface area contributed by atoms with Gasteiger partial charge in [-0.1, -0.05) is 30.3 Å². The van der Waals surface area contributed by atoms with Crippen LogP contribution in [0.4, 0.5) is 0 Å². The van der Waals surface area contributed by atoms with Crippen molar-refractivity contribution in [3.05, 3.63) is 76.5 Å². The van der Waals surface area contributed by atoms with Crippen LogP contribution in [0, 0.1) is 0 Å². The molecule has 1 amide bonds. The topological polar surface area (TPSA) is 89.6 Å². The van der Waals surface area contributed by atoms with Gasteiger partial charge in [0.1, 0.15) is 18.1 Å². The lowest BCUT2D eigenvalue weighted by Crippen LogP contribution is -2.54. The molecule has 2 aromatic carbocycles. The molecule has 0 bridgehead atoms. The van der Waals surface area contributed by atoms with E-state index in [1.165, 1.54) is 14.1 Å². The van der Waals surface area contributed by atoms with Gasteiger partial charge in [-0.3, -0.25) is 9.36 Å². The highest BCUT2D eigenvalue weighted by molar-refractivity contribution is 5.77. The number of carbonyl (C=O) groups is 1. The monoisotopic (exact) mass is 394 g/mol. The van der Waals surface area contributed by atoms with E-state index in [1.807, 2.05) is 30.3 Å². The molecule has 0 spiro atoms. The van der Waals surface area contributed by atoms with Crippen LogP contribution in [0.5, 0.6) is 5.75 Å². The van der Waals surface area contributed by atoms with Crippen molar-refractivity contribution < 1.29 is 14.6 Å². The predicted octanol–water partition coefficient (Wildman–Crippen LogP) is 0.836. The lowest BCUT2D eigenvalue weighted by Gasteiger charge is -2.35. The van der Waals surface area contributed by atoms with Crippen molar-refractivity contribution in [1.82, 2.24) is 19.2 Å². The third-order valence-electron chi connectivity index (χ3n) is 4.97. The van der Waals surface area contributed by atoms with Gasteiger partial charge in [0.15, 0.2) is 0 Å². The SMILES string of the molecule is COc1ccc(-n2nc(Cc3ccccc3)n(CC(=O)N3CC(O)C3)c2=O)cc1. The molecule has 29 heavy (non-hydrogen) atoms. The summed E-state index contributed by atoms with van der Waals surface area (Å²) in [6.07, 6.45) is -0.0590. The van der Waals surface area contributed by atoms with Gasteiger partial charge in [0, 0.05) is 19.5 Å². The summed E-state index contributed by atoms with van der Waals surface area (Å²) in [4.78, 5) is 27.1. The van der Waals surface area contributed by atoms with E-state index in [9.17, 15) is 14.7 Å². The number of hydrogen-bond donors (Lipinski definition) is 1. The van der Waals surface area contributed by atoms with E-state index in [1.54, 1.807) is 31.4 Å². The Morgan fingerprint density at radius 3 is 2.45 bits per heavy atom. The Labute approximate surface area is 167 Å². The second-order valence-electron chi connectivity index (χ2n) is 7.01. The molecule has 8 heteroatoms. The molecule has 0 unspecified atom stereocenters. The van der Waals surface area contributed by atoms with Crippen LogP contribution in [-0.4, -0.2) is 56.6 Å². The fourth-order valence-electron chi connectivity index (χ4n) is 3.29. The van der Waals surface area contributed by atoms with Crippen molar-refractivity contribution in [2.24, 2.45) is 0 Å². The Balaban J connectivity index is 1.69. The minimum Gasteiger partial charge on any atom is -0.497 e. The van der Waals surface area contributed by atoms with Crippen LogP contribution in [0.3, 0.4) is 0 Å². The summed E-state index contributed by atoms with van der Waals surface area (Å²) >= 11 is 0. The number of amides is 1. The quantitative estimate of drug-likeness (QED) is 0.669. The van der Waals surface area contributed by atoms with Crippen molar-refractivity contribution in [3.8, 4) is 11.4 Å². The van der Waals surface area contributed by atoms with Crippen LogP contribution in [0.2, 0.25) is 0 Å². The molecule has 1 aromatic heterocycles. The highest BCUT2D eigenvalue weighted by Crippen LogP contribution is 2.15. The van der Waals surface area contributed by atoms with Crippen molar-refractivity contribution >= 4 is 5.91 Å². The summed E-state index contributed by atoms with van der Waals surface area (Å²) in [6.45, 7) is 0.492. The zero-order chi connectivity index (χ0) is 20.4. The molecule has 0 atom stereocenters. The molecule has 1 aliphatic rings. The first-order chi connectivity index (χ1) is 14.0. The highest BCUT2D eigenvalue weighted by atomic mass is 16.5. The number of rotatable bonds is 6. The summed E-state index contributed by atoms with van der Waals surface area (Å²) in [5, 5.41) is 14.0. The van der Waals surface area contributed by atoms with E-state index < -0.39 is 6.10 Å². The van der Waals surface area contributed by atoms with Crippen LogP contribution in [0.15, 0.2) is 59.4 Å². The lowest BCUT2D eigenvalue weighted by atomic mass is 10.1. The van der Waals surface area contributed by atoms with Crippen molar-refractivity contribution in [2.75, 3.05) is 20.2 Å². The number of aromatic nitrogens is 3. The Bertz CT molecular complexity index is 1050. The van der Waals surface area contributed by atoms with Gasteiger partial charge in [0.25, 0.3) is 0 Å². The first-order valence-corrected chi connectivity index (χ1v) is 9.38. The average Bonchev–Trinajstić information content (AvgIpc) is 3.02. The Kier molecular flexibility index (Phi) is 5.18. The molecule has 1 fully saturated rings. The third-order valence-corrected chi connectivity index (χ3v) is 4.97. The maximum atomic E-state index is 13.1. The van der Waals surface area contributed by atoms with Gasteiger partial charge in [0.2, 0.25) is 5.91 Å². The van der Waals surface area contributed by atoms with Gasteiger partial charge in [0.05, 0.1) is 18.9 Å². The molecule has 1 N–H and O–H groups in total. The van der Waals surface area contributed by atoms with Gasteiger partial charge < -0.3 is 14.7 Å². The van der Waals surface area contributed by atoms with Crippen molar-refractivity contribution in [2.45, 2.75) is 19.1 Å². The molecule has 0 radical (unpaired) electrons. The number of hydrogen-bond acceptors (Lipinski definition) is 5. The molecule has 150 valence electrons. The molecular weight excluding hydrogens is 372 g/mol. The fraction of sp³-hybridized carbons (Fsp3) is 0.286. The summed E-state index contributed by atoms with van der Waals surface area (Å²) in [6, 6.07) is 16.7. The molecule has 8 nitrogen and oxygen atoms in total. The number of methoxy groups -OCH3 is 1. The molecule has 1 aliphatic heterocycles. The molecule has 1 saturated heterocycles. The van der Waals surface area contributed by atoms with E-state index in [2.05, 4.69) is 5.10 Å². The second kappa shape index (κ2) is 7.92. The van der Waals surface area contributed by atoms with Crippen molar-refractivity contribution in [1.29, 1.82) is 0 Å². The Morgan fingerprint density at radius 1 is 1.14 bits per heavy atom. The summed E-state index contributed by atoms with van der Waals surface area (Å²) < 4.78 is 7.87. The van der Waals surface area contributed by atoms with E-state index in [4.69, 9.17) is 4.74 Å². The number of ether oxygens (including phenoxy) is 1. The lowest BCUT2D eigenvalue weighted by molar-refractivity contribution is -0.142. The largest absolute Gasteiger partial charge is 0.497 e. The molecule has 3 aromatic rings. The van der Waals surface area contributed by atoms with Crippen LogP contribution >= 0.6 is 0 Å². The molecule has 0 saturated carbocycles. The number of benzene rings is 2. The maximum Gasteiger partial charge on any atom is 0.351 e. The van der Waals surface area contributed by atoms with Crippen LogP contribution in [-0.2, 0) is 17.8 Å². The molecule has 4 rings (SSSR count). The number of nitrogens with zero attached hydrogens (tertiary/aromatic N) is 4. The fourth-order valence-corrected chi connectivity index (χ4v) is 3.29. The van der Waals surface area contributed by atoms with E-state index in [0.717, 1.165) is 5.56 Å². The summed E-state index contributed by atoms with van der Waals surface area (Å²) in [5.41, 5.74) is 1.21. The minimum atomic E-state index is -0.485. The first-order valence-electron chi connectivity index (χ1n) is 9.38. The van der Waals surface area contributed by atoms with E-state index in [0.29, 0.717) is 36.8 Å². The first kappa shape index (κ1) is 18.9. The predicted molar refractivity (Wildman–Crippen MR) is 106 cm³/mol. The second-order valence-corrected chi connectivity index (χ2v) is 7.01. The van der Waals surface area contributed by atoms with Gasteiger partial charge in [-0.2, -0.15) is 4.68 Å². The number of likely N-dealkylation sites (tertiary alicyclic amines) is 1. The summed E-state index contributed by atoms with van der Waals surface area (Å²) in [7, 11) is 1.58. The third kappa shape index (κ3) is 3.93. The van der Waals surface area contributed by atoms with Crippen LogP contribution in [0.25, 0.3) is 5.69 Å². The van der Waals surface area contributed by atoms with Gasteiger partial charge in [-0.25, -0.2) is 4.79 Å². The molecular formula is C21H22N4O4. The number of aliphatic hydroxyl groups excluding tert-OH is 1. The Morgan fingerprint density at radius 2 is 1.83 bits per heavy atom. The Hall–Kier alpha value is -3.39. The smallest absolute Gasteiger partial charge is 0.351 e. The van der Waals surface area contributed by atoms with Crippen LogP contribution in [0.1, 0.15) is 11.4 Å². The molecule has 2 heterocycles. The van der Waals surface area contributed by atoms with E-state index >= 15 is 0 Å². The molecule has 0 aliphatic carbocycles. The van der Waals surface area contributed by atoms with Crippen molar-refractivity contribution in [3.63, 3.8) is 0 Å². The van der Waals surface area contributed by atoms with Gasteiger partial charge in [-0.05, 0) is 29.8 Å². The standard InChI is InChI=1S/C21H22N4O4/c1-29-18-9-7-16(8-10-18)25-21(28)24(14-20(27)23-12-17(26)13-23)19(22-25)11-15-5-3-2-4-6-15/h2-10,17,26H,11-14H2,1H3. The zero-order valence-corrected chi connectivity index (χ0v) is 16.1. The zero-order valence-electron chi connectivity index (χ0n) is 16.1. The highest BCUT2D eigenvalue weighted by Gasteiger charge is 2.30.